The van der Waals surface area contributed by atoms with Crippen LogP contribution in [0.4, 0.5) is 0 Å². The number of carbonyl (C=O) groups is 1. The Kier molecular flexibility index (Phi) is 4.94. The Morgan fingerprint density at radius 3 is 2.81 bits per heavy atom. The molecule has 4 rings (SSSR count). The monoisotopic (exact) mass is 381 g/mol. The van der Waals surface area contributed by atoms with E-state index in [-0.39, 0.29) is 11.9 Å². The van der Waals surface area contributed by atoms with Gasteiger partial charge in [0.2, 0.25) is 17.6 Å². The minimum Gasteiger partial charge on any atom is -0.337 e. The number of benzene rings is 2. The van der Waals surface area contributed by atoms with E-state index >= 15 is 0 Å². The molecule has 5 nitrogen and oxygen atoms in total. The first-order valence-electron chi connectivity index (χ1n) is 9.06. The van der Waals surface area contributed by atoms with Gasteiger partial charge in [-0.2, -0.15) is 4.98 Å². The van der Waals surface area contributed by atoms with Crippen molar-refractivity contribution in [1.82, 2.24) is 15.0 Å². The molecule has 0 bridgehead atoms. The Balaban J connectivity index is 1.54. The zero-order chi connectivity index (χ0) is 18.8. The third-order valence-corrected chi connectivity index (χ3v) is 5.35. The van der Waals surface area contributed by atoms with Crippen LogP contribution in [0.2, 0.25) is 5.02 Å². The summed E-state index contributed by atoms with van der Waals surface area (Å²) < 4.78 is 5.50. The number of aromatic nitrogens is 2. The summed E-state index contributed by atoms with van der Waals surface area (Å²) in [7, 11) is 0. The fourth-order valence-corrected chi connectivity index (χ4v) is 3.74. The van der Waals surface area contributed by atoms with Gasteiger partial charge in [-0.1, -0.05) is 53.2 Å². The van der Waals surface area contributed by atoms with Crippen molar-refractivity contribution in [3.05, 3.63) is 70.6 Å². The fourth-order valence-electron chi connectivity index (χ4n) is 3.52. The SMILES string of the molecule is Cc1ccccc1CC(=O)N1CCCC1c1nc(-c2ccccc2Cl)no1. The molecule has 1 amide bonds. The highest BCUT2D eigenvalue weighted by atomic mass is 35.5. The van der Waals surface area contributed by atoms with Gasteiger partial charge in [-0.25, -0.2) is 0 Å². The molecule has 138 valence electrons. The minimum absolute atomic E-state index is 0.0873. The quantitative estimate of drug-likeness (QED) is 0.662. The van der Waals surface area contributed by atoms with Crippen LogP contribution in [-0.4, -0.2) is 27.5 Å². The molecule has 1 aliphatic heterocycles. The van der Waals surface area contributed by atoms with Crippen molar-refractivity contribution in [3.8, 4) is 11.4 Å². The molecular weight excluding hydrogens is 362 g/mol. The summed E-state index contributed by atoms with van der Waals surface area (Å²) in [4.78, 5) is 19.3. The maximum atomic E-state index is 12.9. The predicted octanol–water partition coefficient (Wildman–Crippen LogP) is 4.60. The first-order valence-corrected chi connectivity index (χ1v) is 9.44. The van der Waals surface area contributed by atoms with Crippen LogP contribution >= 0.6 is 11.6 Å². The molecule has 1 saturated heterocycles. The normalized spacial score (nSPS) is 16.7. The molecule has 2 aromatic carbocycles. The maximum absolute atomic E-state index is 12.9. The minimum atomic E-state index is -0.176. The first-order chi connectivity index (χ1) is 13.1. The summed E-state index contributed by atoms with van der Waals surface area (Å²) in [5.74, 6) is 1.01. The number of hydrogen-bond donors (Lipinski definition) is 0. The Morgan fingerprint density at radius 1 is 1.22 bits per heavy atom. The van der Waals surface area contributed by atoms with Gasteiger partial charge >= 0.3 is 0 Å². The van der Waals surface area contributed by atoms with E-state index in [4.69, 9.17) is 16.1 Å². The number of aryl methyl sites for hydroxylation is 1. The summed E-state index contributed by atoms with van der Waals surface area (Å²) in [6, 6.07) is 15.2. The lowest BCUT2D eigenvalue weighted by molar-refractivity contribution is -0.131. The van der Waals surface area contributed by atoms with E-state index in [1.165, 1.54) is 0 Å². The average Bonchev–Trinajstić information content (AvgIpc) is 3.33. The van der Waals surface area contributed by atoms with E-state index in [0.29, 0.717) is 29.7 Å². The van der Waals surface area contributed by atoms with Crippen molar-refractivity contribution in [2.75, 3.05) is 6.54 Å². The highest BCUT2D eigenvalue weighted by Crippen LogP contribution is 2.33. The van der Waals surface area contributed by atoms with Crippen molar-refractivity contribution in [2.24, 2.45) is 0 Å². The third kappa shape index (κ3) is 3.60. The maximum Gasteiger partial charge on any atom is 0.249 e. The van der Waals surface area contributed by atoms with Crippen molar-refractivity contribution in [3.63, 3.8) is 0 Å². The molecule has 27 heavy (non-hydrogen) atoms. The van der Waals surface area contributed by atoms with Crippen molar-refractivity contribution in [1.29, 1.82) is 0 Å². The van der Waals surface area contributed by atoms with Crippen LogP contribution in [0.1, 0.15) is 35.9 Å². The van der Waals surface area contributed by atoms with Gasteiger partial charge in [-0.15, -0.1) is 0 Å². The van der Waals surface area contributed by atoms with Gasteiger partial charge in [-0.05, 0) is 43.0 Å². The number of rotatable bonds is 4. The topological polar surface area (TPSA) is 59.2 Å². The van der Waals surface area contributed by atoms with Crippen LogP contribution in [-0.2, 0) is 11.2 Å². The molecule has 2 heterocycles. The van der Waals surface area contributed by atoms with Gasteiger partial charge in [0.15, 0.2) is 0 Å². The summed E-state index contributed by atoms with van der Waals surface area (Å²) in [5.41, 5.74) is 2.90. The van der Waals surface area contributed by atoms with E-state index in [9.17, 15) is 4.79 Å². The number of likely N-dealkylation sites (tertiary alicyclic amines) is 1. The lowest BCUT2D eigenvalue weighted by Crippen LogP contribution is -2.32. The highest BCUT2D eigenvalue weighted by molar-refractivity contribution is 6.33. The second-order valence-corrected chi connectivity index (χ2v) is 7.19. The Bertz CT molecular complexity index is 969. The van der Waals surface area contributed by atoms with Crippen LogP contribution in [0.5, 0.6) is 0 Å². The van der Waals surface area contributed by atoms with E-state index < -0.39 is 0 Å². The molecule has 3 aromatic rings. The van der Waals surface area contributed by atoms with E-state index in [1.807, 2.05) is 54.3 Å². The molecule has 1 fully saturated rings. The van der Waals surface area contributed by atoms with Gasteiger partial charge in [-0.3, -0.25) is 4.79 Å². The lowest BCUT2D eigenvalue weighted by Gasteiger charge is -2.22. The third-order valence-electron chi connectivity index (χ3n) is 5.02. The van der Waals surface area contributed by atoms with Gasteiger partial charge in [0, 0.05) is 12.1 Å². The molecule has 0 saturated carbocycles. The highest BCUT2D eigenvalue weighted by Gasteiger charge is 2.34. The molecular formula is C21H20ClN3O2. The van der Waals surface area contributed by atoms with Gasteiger partial charge in [0.1, 0.15) is 6.04 Å². The second-order valence-electron chi connectivity index (χ2n) is 6.78. The van der Waals surface area contributed by atoms with Crippen LogP contribution in [0.15, 0.2) is 53.1 Å². The largest absolute Gasteiger partial charge is 0.337 e. The summed E-state index contributed by atoms with van der Waals surface area (Å²) in [6.45, 7) is 2.73. The Hall–Kier alpha value is -2.66. The zero-order valence-corrected chi connectivity index (χ0v) is 15.8. The summed E-state index contributed by atoms with van der Waals surface area (Å²) in [6.07, 6.45) is 2.13. The molecule has 0 aliphatic carbocycles. The van der Waals surface area contributed by atoms with E-state index in [0.717, 1.165) is 29.5 Å². The van der Waals surface area contributed by atoms with Gasteiger partial charge in [0.25, 0.3) is 0 Å². The predicted molar refractivity (Wildman–Crippen MR) is 103 cm³/mol. The smallest absolute Gasteiger partial charge is 0.249 e. The van der Waals surface area contributed by atoms with Crippen LogP contribution in [0.25, 0.3) is 11.4 Å². The molecule has 0 N–H and O–H groups in total. The number of halogens is 1. The fraction of sp³-hybridized carbons (Fsp3) is 0.286. The summed E-state index contributed by atoms with van der Waals surface area (Å²) in [5, 5.41) is 4.65. The average molecular weight is 382 g/mol. The second kappa shape index (κ2) is 7.53. The van der Waals surface area contributed by atoms with Gasteiger partial charge in [0.05, 0.1) is 11.4 Å². The number of carbonyl (C=O) groups excluding carboxylic acids is 1. The number of nitrogens with zero attached hydrogens (tertiary/aromatic N) is 3. The van der Waals surface area contributed by atoms with E-state index in [1.54, 1.807) is 6.07 Å². The molecule has 1 atom stereocenters. The van der Waals surface area contributed by atoms with Crippen LogP contribution in [0, 0.1) is 6.92 Å². The van der Waals surface area contributed by atoms with E-state index in [2.05, 4.69) is 10.1 Å². The van der Waals surface area contributed by atoms with Crippen molar-refractivity contribution in [2.45, 2.75) is 32.2 Å². The zero-order valence-electron chi connectivity index (χ0n) is 15.1. The standard InChI is InChI=1S/C21H20ClN3O2/c1-14-7-2-3-8-15(14)13-19(26)25-12-6-11-18(25)21-23-20(24-27-21)16-9-4-5-10-17(16)22/h2-5,7-10,18H,6,11-13H2,1H3. The Morgan fingerprint density at radius 2 is 2.00 bits per heavy atom. The molecule has 1 aromatic heterocycles. The van der Waals surface area contributed by atoms with Gasteiger partial charge < -0.3 is 9.42 Å². The molecule has 0 radical (unpaired) electrons. The summed E-state index contributed by atoms with van der Waals surface area (Å²) >= 11 is 6.23. The lowest BCUT2D eigenvalue weighted by atomic mass is 10.1. The van der Waals surface area contributed by atoms with Crippen LogP contribution < -0.4 is 0 Å². The molecule has 6 heteroatoms. The number of hydrogen-bond acceptors (Lipinski definition) is 4. The van der Waals surface area contributed by atoms with Crippen molar-refractivity contribution >= 4 is 17.5 Å². The first kappa shape index (κ1) is 17.7. The Labute approximate surface area is 163 Å². The van der Waals surface area contributed by atoms with Crippen molar-refractivity contribution < 1.29 is 9.32 Å². The van der Waals surface area contributed by atoms with Crippen LogP contribution in [0.3, 0.4) is 0 Å². The number of amides is 1. The molecule has 0 spiro atoms. The molecule has 1 unspecified atom stereocenters. The molecule has 1 aliphatic rings.